The molecule has 0 bridgehead atoms. The van der Waals surface area contributed by atoms with E-state index in [-0.39, 0.29) is 5.41 Å². The van der Waals surface area contributed by atoms with E-state index in [0.29, 0.717) is 13.2 Å². The van der Waals surface area contributed by atoms with Crippen LogP contribution in [0.4, 0.5) is 0 Å². The lowest BCUT2D eigenvalue weighted by molar-refractivity contribution is 0.368. The third kappa shape index (κ3) is 6.79. The van der Waals surface area contributed by atoms with Gasteiger partial charge in [0.25, 0.3) is 0 Å². The van der Waals surface area contributed by atoms with Gasteiger partial charge in [-0.3, -0.25) is 0 Å². The first-order chi connectivity index (χ1) is 16.4. The molecule has 0 spiro atoms. The lowest BCUT2D eigenvalue weighted by Crippen LogP contribution is -2.40. The topological polar surface area (TPSA) is 18.5 Å². The SMILES string of the molecule is C=CCOc1c([SiH](C)C)cc(C(C)(C)c2cc([SiH](C)C)c(OCC=C)c([SiH](C)C)c2)cc1[SiH](C)C. The standard InChI is InChI=1S/C29H48O2Si4/c1-13-15-30-27-23(32(5)6)17-21(18-24(27)33(7)8)29(3,4)22-19-25(34(9)10)28(31-16-14-2)26(20-22)35(11)12/h13-14,17-20,32-35H,1-2,15-16H2,3-12H3. The second-order valence-corrected chi connectivity index (χ2v) is 23.1. The zero-order chi connectivity index (χ0) is 26.5. The Labute approximate surface area is 221 Å². The molecule has 6 heteroatoms. The van der Waals surface area contributed by atoms with Crippen molar-refractivity contribution in [3.05, 3.63) is 60.7 Å². The van der Waals surface area contributed by atoms with E-state index in [9.17, 15) is 0 Å². The Bertz CT molecular complexity index is 899. The van der Waals surface area contributed by atoms with Gasteiger partial charge in [-0.2, -0.15) is 0 Å². The van der Waals surface area contributed by atoms with E-state index < -0.39 is 35.2 Å². The van der Waals surface area contributed by atoms with Crippen molar-refractivity contribution >= 4 is 55.9 Å². The second kappa shape index (κ2) is 12.6. The molecule has 0 aliphatic heterocycles. The number of hydrogen-bond donors (Lipinski definition) is 0. The average Bonchev–Trinajstić information content (AvgIpc) is 2.79. The highest BCUT2D eigenvalue weighted by molar-refractivity contribution is 6.76. The van der Waals surface area contributed by atoms with Gasteiger partial charge >= 0.3 is 0 Å². The number of rotatable bonds is 12. The van der Waals surface area contributed by atoms with Crippen LogP contribution < -0.4 is 30.2 Å². The maximum atomic E-state index is 6.31. The smallest absolute Gasteiger partial charge is 0.117 e. The van der Waals surface area contributed by atoms with Crippen LogP contribution in [0.2, 0.25) is 52.4 Å². The van der Waals surface area contributed by atoms with Gasteiger partial charge in [0.1, 0.15) is 24.7 Å². The van der Waals surface area contributed by atoms with Crippen molar-refractivity contribution in [2.45, 2.75) is 71.6 Å². The quantitative estimate of drug-likeness (QED) is 0.300. The normalized spacial score (nSPS) is 12.1. The Morgan fingerprint density at radius 2 is 0.857 bits per heavy atom. The summed E-state index contributed by atoms with van der Waals surface area (Å²) in [7, 11) is -4.40. The molecule has 0 atom stereocenters. The van der Waals surface area contributed by atoms with Gasteiger partial charge in [-0.05, 0) is 31.9 Å². The fourth-order valence-electron chi connectivity index (χ4n) is 4.57. The van der Waals surface area contributed by atoms with Crippen molar-refractivity contribution < 1.29 is 9.47 Å². The Balaban J connectivity index is 2.81. The summed E-state index contributed by atoms with van der Waals surface area (Å²) >= 11 is 0. The highest BCUT2D eigenvalue weighted by atomic mass is 28.3. The maximum Gasteiger partial charge on any atom is 0.117 e. The summed E-state index contributed by atoms with van der Waals surface area (Å²) in [4.78, 5) is 0. The van der Waals surface area contributed by atoms with E-state index in [1.807, 2.05) is 12.2 Å². The molecule has 2 rings (SSSR count). The molecular weight excluding hydrogens is 493 g/mol. The molecule has 2 nitrogen and oxygen atoms in total. The number of ether oxygens (including phenoxy) is 2. The molecule has 0 aliphatic carbocycles. The van der Waals surface area contributed by atoms with Crippen molar-refractivity contribution in [2.75, 3.05) is 13.2 Å². The van der Waals surface area contributed by atoms with Gasteiger partial charge in [0.15, 0.2) is 0 Å². The molecule has 0 aromatic heterocycles. The summed E-state index contributed by atoms with van der Waals surface area (Å²) in [6.45, 7) is 33.0. The number of benzene rings is 2. The van der Waals surface area contributed by atoms with Gasteiger partial charge in [-0.25, -0.2) is 0 Å². The molecule has 0 unspecified atom stereocenters. The van der Waals surface area contributed by atoms with Crippen LogP contribution in [0.25, 0.3) is 0 Å². The fraction of sp³-hybridized carbons (Fsp3) is 0.448. The van der Waals surface area contributed by atoms with Crippen molar-refractivity contribution in [3.8, 4) is 11.5 Å². The van der Waals surface area contributed by atoms with Crippen molar-refractivity contribution in [1.29, 1.82) is 0 Å². The average molecular weight is 541 g/mol. The van der Waals surface area contributed by atoms with Gasteiger partial charge < -0.3 is 9.47 Å². The number of hydrogen-bond acceptors (Lipinski definition) is 2. The molecule has 0 heterocycles. The lowest BCUT2D eigenvalue weighted by Gasteiger charge is -2.32. The van der Waals surface area contributed by atoms with E-state index in [0.717, 1.165) is 11.5 Å². The third-order valence-corrected chi connectivity index (χ3v) is 13.6. The summed E-state index contributed by atoms with van der Waals surface area (Å²) < 4.78 is 12.6. The molecule has 2 aromatic rings. The van der Waals surface area contributed by atoms with Gasteiger partial charge in [0.2, 0.25) is 0 Å². The van der Waals surface area contributed by atoms with E-state index in [4.69, 9.17) is 9.47 Å². The van der Waals surface area contributed by atoms with Gasteiger partial charge in [-0.1, -0.05) is 116 Å². The second-order valence-electron chi connectivity index (χ2n) is 11.4. The van der Waals surface area contributed by atoms with Crippen LogP contribution in [-0.2, 0) is 5.41 Å². The monoisotopic (exact) mass is 540 g/mol. The minimum atomic E-state index is -1.10. The molecule has 2 aromatic carbocycles. The molecule has 0 saturated carbocycles. The molecule has 0 saturated heterocycles. The Morgan fingerprint density at radius 1 is 0.600 bits per heavy atom. The van der Waals surface area contributed by atoms with E-state index in [1.165, 1.54) is 31.9 Å². The van der Waals surface area contributed by atoms with Gasteiger partial charge in [-0.15, -0.1) is 0 Å². The van der Waals surface area contributed by atoms with E-state index in [2.05, 4.69) is 104 Å². The van der Waals surface area contributed by atoms with Crippen LogP contribution in [0.3, 0.4) is 0 Å². The molecule has 0 amide bonds. The molecule has 0 N–H and O–H groups in total. The van der Waals surface area contributed by atoms with E-state index in [1.54, 1.807) is 0 Å². The lowest BCUT2D eigenvalue weighted by atomic mass is 9.78. The molecule has 35 heavy (non-hydrogen) atoms. The third-order valence-electron chi connectivity index (χ3n) is 6.92. The minimum Gasteiger partial charge on any atom is -0.490 e. The summed E-state index contributed by atoms with van der Waals surface area (Å²) in [6, 6.07) is 9.88. The summed E-state index contributed by atoms with van der Waals surface area (Å²) in [6.07, 6.45) is 3.72. The van der Waals surface area contributed by atoms with Crippen molar-refractivity contribution in [1.82, 2.24) is 0 Å². The highest BCUT2D eigenvalue weighted by Crippen LogP contribution is 2.32. The Hall–Kier alpha value is -1.61. The van der Waals surface area contributed by atoms with Crippen LogP contribution in [0.15, 0.2) is 49.6 Å². The predicted octanol–water partition coefficient (Wildman–Crippen LogP) is 3.92. The summed E-state index contributed by atoms with van der Waals surface area (Å²) in [5, 5.41) is 5.82. The van der Waals surface area contributed by atoms with Crippen molar-refractivity contribution in [3.63, 3.8) is 0 Å². The highest BCUT2D eigenvalue weighted by Gasteiger charge is 2.30. The van der Waals surface area contributed by atoms with E-state index >= 15 is 0 Å². The first-order valence-corrected chi connectivity index (χ1v) is 24.7. The Morgan fingerprint density at radius 3 is 1.06 bits per heavy atom. The molecule has 192 valence electrons. The largest absolute Gasteiger partial charge is 0.490 e. The van der Waals surface area contributed by atoms with Crippen LogP contribution >= 0.6 is 0 Å². The Kier molecular flexibility index (Phi) is 10.6. The summed E-state index contributed by atoms with van der Waals surface area (Å²) in [5.74, 6) is 2.32. The van der Waals surface area contributed by atoms with Gasteiger partial charge in [0.05, 0.1) is 35.2 Å². The molecule has 0 aliphatic rings. The first-order valence-electron chi connectivity index (χ1n) is 13.2. The van der Waals surface area contributed by atoms with Crippen molar-refractivity contribution in [2.24, 2.45) is 0 Å². The van der Waals surface area contributed by atoms with Crippen LogP contribution in [0.5, 0.6) is 11.5 Å². The van der Waals surface area contributed by atoms with Crippen LogP contribution in [0.1, 0.15) is 25.0 Å². The fourth-order valence-corrected chi connectivity index (χ4v) is 10.1. The maximum absolute atomic E-state index is 6.31. The van der Waals surface area contributed by atoms with Crippen LogP contribution in [-0.4, -0.2) is 48.4 Å². The predicted molar refractivity (Wildman–Crippen MR) is 170 cm³/mol. The zero-order valence-corrected chi connectivity index (χ0v) is 28.5. The molecule has 0 fully saturated rings. The molecule has 0 radical (unpaired) electrons. The minimum absolute atomic E-state index is 0.0971. The van der Waals surface area contributed by atoms with Crippen LogP contribution in [0, 0.1) is 0 Å². The summed E-state index contributed by atoms with van der Waals surface area (Å²) in [5.41, 5.74) is 2.74. The molecular formula is C29H48O2Si4. The first kappa shape index (κ1) is 29.6. The van der Waals surface area contributed by atoms with Gasteiger partial charge in [0, 0.05) is 5.41 Å². The zero-order valence-electron chi connectivity index (χ0n) is 23.9.